The molecule has 0 aromatic rings. The average Bonchev–Trinajstić information content (AvgIpc) is 2.49. The smallest absolute Gasteiger partial charge is 0.0704 e. The van der Waals surface area contributed by atoms with Crippen molar-refractivity contribution in [2.24, 2.45) is 0 Å². The van der Waals surface area contributed by atoms with Crippen LogP contribution in [0.15, 0.2) is 0 Å². The van der Waals surface area contributed by atoms with Crippen molar-refractivity contribution < 1.29 is 14.2 Å². The minimum Gasteiger partial charge on any atom is -0.382 e. The fourth-order valence-electron chi connectivity index (χ4n) is 1.92. The summed E-state index contributed by atoms with van der Waals surface area (Å²) in [5.74, 6) is 0. The molecule has 1 rings (SSSR count). The average molecular weight is 295 g/mol. The summed E-state index contributed by atoms with van der Waals surface area (Å²) in [6.45, 7) is 2.67. The number of rotatable bonds is 7. The minimum atomic E-state index is 0.369. The summed E-state index contributed by atoms with van der Waals surface area (Å²) in [6, 6.07) is 0. The molecule has 1 aliphatic rings. The molecule has 4 heteroatoms. The largest absolute Gasteiger partial charge is 0.382 e. The highest BCUT2D eigenvalue weighted by Crippen LogP contribution is 2.25. The zero-order valence-corrected chi connectivity index (χ0v) is 11.7. The molecule has 1 aliphatic carbocycles. The summed E-state index contributed by atoms with van der Waals surface area (Å²) in [4.78, 5) is 0.522. The second-order valence-electron chi connectivity index (χ2n) is 4.17. The van der Waals surface area contributed by atoms with Gasteiger partial charge < -0.3 is 14.2 Å². The third kappa shape index (κ3) is 6.18. The Labute approximate surface area is 107 Å². The second kappa shape index (κ2) is 9.40. The summed E-state index contributed by atoms with van der Waals surface area (Å²) in [5, 5.41) is 0. The highest BCUT2D eigenvalue weighted by molar-refractivity contribution is 9.09. The summed E-state index contributed by atoms with van der Waals surface area (Å²) < 4.78 is 16.1. The van der Waals surface area contributed by atoms with Crippen LogP contribution >= 0.6 is 15.9 Å². The lowest BCUT2D eigenvalue weighted by Gasteiger charge is -2.20. The predicted octanol–water partition coefficient (Wildman–Crippen LogP) is 2.76. The van der Waals surface area contributed by atoms with Crippen molar-refractivity contribution in [2.75, 3.05) is 33.5 Å². The van der Waals surface area contributed by atoms with Gasteiger partial charge in [0.05, 0.1) is 32.5 Å². The van der Waals surface area contributed by atoms with Crippen LogP contribution in [0.3, 0.4) is 0 Å². The lowest BCUT2D eigenvalue weighted by molar-refractivity contribution is -0.00825. The molecule has 1 fully saturated rings. The van der Waals surface area contributed by atoms with Crippen molar-refractivity contribution in [2.45, 2.75) is 43.0 Å². The summed E-state index contributed by atoms with van der Waals surface area (Å²) in [5.41, 5.74) is 0. The van der Waals surface area contributed by atoms with Crippen molar-refractivity contribution in [1.29, 1.82) is 0 Å². The highest BCUT2D eigenvalue weighted by Gasteiger charge is 2.21. The van der Waals surface area contributed by atoms with E-state index >= 15 is 0 Å². The Morgan fingerprint density at radius 1 is 1.00 bits per heavy atom. The molecular formula is C12H23BrO3. The van der Waals surface area contributed by atoms with E-state index in [1.165, 1.54) is 32.1 Å². The standard InChI is InChI=1S/C12H23BrO3/c1-14-7-8-15-9-10-16-12-6-4-2-3-5-11(12)13/h11-12H,2-10H2,1H3. The predicted molar refractivity (Wildman–Crippen MR) is 68.2 cm³/mol. The number of hydrogen-bond acceptors (Lipinski definition) is 3. The Morgan fingerprint density at radius 2 is 1.75 bits per heavy atom. The molecule has 0 amide bonds. The van der Waals surface area contributed by atoms with E-state index in [1.54, 1.807) is 7.11 Å². The van der Waals surface area contributed by atoms with E-state index in [9.17, 15) is 0 Å². The molecular weight excluding hydrogens is 272 g/mol. The fourth-order valence-corrected chi connectivity index (χ4v) is 2.66. The van der Waals surface area contributed by atoms with Crippen LogP contribution in [0.25, 0.3) is 0 Å². The van der Waals surface area contributed by atoms with Gasteiger partial charge in [-0.1, -0.05) is 35.2 Å². The second-order valence-corrected chi connectivity index (χ2v) is 5.34. The normalized spacial score (nSPS) is 26.6. The summed E-state index contributed by atoms with van der Waals surface area (Å²) in [7, 11) is 1.68. The quantitative estimate of drug-likeness (QED) is 0.411. The number of hydrogen-bond donors (Lipinski definition) is 0. The van der Waals surface area contributed by atoms with Crippen molar-refractivity contribution in [3.63, 3.8) is 0 Å². The number of halogens is 1. The Balaban J connectivity index is 2.01. The Bertz CT molecular complexity index is 166. The maximum absolute atomic E-state index is 5.84. The first-order chi connectivity index (χ1) is 7.84. The number of alkyl halides is 1. The van der Waals surface area contributed by atoms with Crippen molar-refractivity contribution >= 4 is 15.9 Å². The third-order valence-corrected chi connectivity index (χ3v) is 3.91. The van der Waals surface area contributed by atoms with Crippen LogP contribution in [-0.2, 0) is 14.2 Å². The minimum absolute atomic E-state index is 0.369. The van der Waals surface area contributed by atoms with Gasteiger partial charge in [-0.25, -0.2) is 0 Å². The molecule has 0 N–H and O–H groups in total. The topological polar surface area (TPSA) is 27.7 Å². The van der Waals surface area contributed by atoms with Gasteiger partial charge in [0.15, 0.2) is 0 Å². The van der Waals surface area contributed by atoms with Gasteiger partial charge in [0.25, 0.3) is 0 Å². The van der Waals surface area contributed by atoms with Crippen LogP contribution in [0.5, 0.6) is 0 Å². The molecule has 0 aliphatic heterocycles. The van der Waals surface area contributed by atoms with Crippen molar-refractivity contribution in [3.05, 3.63) is 0 Å². The van der Waals surface area contributed by atoms with Crippen LogP contribution in [0.1, 0.15) is 32.1 Å². The van der Waals surface area contributed by atoms with Gasteiger partial charge in [0.1, 0.15) is 0 Å². The summed E-state index contributed by atoms with van der Waals surface area (Å²) >= 11 is 3.71. The molecule has 1 saturated carbocycles. The van der Waals surface area contributed by atoms with Crippen LogP contribution < -0.4 is 0 Å². The molecule has 0 aromatic heterocycles. The lowest BCUT2D eigenvalue weighted by Crippen LogP contribution is -2.25. The van der Waals surface area contributed by atoms with E-state index < -0.39 is 0 Å². The monoisotopic (exact) mass is 294 g/mol. The van der Waals surface area contributed by atoms with Gasteiger partial charge >= 0.3 is 0 Å². The van der Waals surface area contributed by atoms with Crippen LogP contribution in [0.2, 0.25) is 0 Å². The molecule has 0 heterocycles. The number of methoxy groups -OCH3 is 1. The van der Waals surface area contributed by atoms with E-state index in [2.05, 4.69) is 15.9 Å². The van der Waals surface area contributed by atoms with Gasteiger partial charge in [0.2, 0.25) is 0 Å². The zero-order valence-electron chi connectivity index (χ0n) is 10.1. The first-order valence-corrected chi connectivity index (χ1v) is 7.08. The maximum atomic E-state index is 5.84. The molecule has 96 valence electrons. The highest BCUT2D eigenvalue weighted by atomic mass is 79.9. The molecule has 0 saturated heterocycles. The van der Waals surface area contributed by atoms with Crippen molar-refractivity contribution in [3.8, 4) is 0 Å². The fraction of sp³-hybridized carbons (Fsp3) is 1.00. The van der Waals surface area contributed by atoms with E-state index in [0.29, 0.717) is 37.4 Å². The SMILES string of the molecule is COCCOCCOC1CCCCCC1Br. The van der Waals surface area contributed by atoms with E-state index in [4.69, 9.17) is 14.2 Å². The van der Waals surface area contributed by atoms with Gasteiger partial charge in [-0.05, 0) is 12.8 Å². The van der Waals surface area contributed by atoms with Gasteiger partial charge in [-0.2, -0.15) is 0 Å². The number of ether oxygens (including phenoxy) is 3. The van der Waals surface area contributed by atoms with E-state index in [1.807, 2.05) is 0 Å². The molecule has 16 heavy (non-hydrogen) atoms. The Morgan fingerprint density at radius 3 is 2.56 bits per heavy atom. The lowest BCUT2D eigenvalue weighted by atomic mass is 10.1. The summed E-state index contributed by atoms with van der Waals surface area (Å²) in [6.07, 6.45) is 6.72. The Hall–Kier alpha value is 0.360. The van der Waals surface area contributed by atoms with Gasteiger partial charge in [-0.15, -0.1) is 0 Å². The maximum Gasteiger partial charge on any atom is 0.0704 e. The van der Waals surface area contributed by atoms with Crippen molar-refractivity contribution in [1.82, 2.24) is 0 Å². The first kappa shape index (κ1) is 14.4. The zero-order chi connectivity index (χ0) is 11.6. The van der Waals surface area contributed by atoms with Gasteiger partial charge in [0, 0.05) is 11.9 Å². The molecule has 0 radical (unpaired) electrons. The first-order valence-electron chi connectivity index (χ1n) is 6.17. The van der Waals surface area contributed by atoms with E-state index in [0.717, 1.165) is 0 Å². The van der Waals surface area contributed by atoms with Crippen LogP contribution in [0, 0.1) is 0 Å². The van der Waals surface area contributed by atoms with Crippen LogP contribution in [0.4, 0.5) is 0 Å². The molecule has 2 unspecified atom stereocenters. The molecule has 3 nitrogen and oxygen atoms in total. The molecule has 0 aromatic carbocycles. The molecule has 0 spiro atoms. The third-order valence-electron chi connectivity index (χ3n) is 2.86. The van der Waals surface area contributed by atoms with Gasteiger partial charge in [-0.3, -0.25) is 0 Å². The molecule has 0 bridgehead atoms. The van der Waals surface area contributed by atoms with Crippen LogP contribution in [-0.4, -0.2) is 44.5 Å². The molecule has 2 atom stereocenters. The van der Waals surface area contributed by atoms with E-state index in [-0.39, 0.29) is 0 Å². The Kier molecular flexibility index (Phi) is 8.47.